The summed E-state index contributed by atoms with van der Waals surface area (Å²) >= 11 is 6.26. The van der Waals surface area contributed by atoms with Gasteiger partial charge in [0.05, 0.1) is 47.5 Å². The average Bonchev–Trinajstić information content (AvgIpc) is 3.42. The monoisotopic (exact) mass is 619 g/mol. The number of nitriles is 1. The van der Waals surface area contributed by atoms with Crippen LogP contribution in [0.25, 0.3) is 22.5 Å². The largest absolute Gasteiger partial charge is 0.389 e. The van der Waals surface area contributed by atoms with E-state index in [1.54, 1.807) is 49.4 Å². The normalized spacial score (nSPS) is 17.2. The molecule has 44 heavy (non-hydrogen) atoms. The van der Waals surface area contributed by atoms with Crippen LogP contribution in [0.5, 0.6) is 0 Å². The quantitative estimate of drug-likeness (QED) is 0.157. The maximum Gasteiger partial charge on any atom is 0.333 e. The number of hydrogen-bond donors (Lipinski definition) is 3. The Morgan fingerprint density at radius 1 is 1.23 bits per heavy atom. The number of carbonyl (C=O) groups excluding carboxylic acids is 1. The number of rotatable bonds is 5. The van der Waals surface area contributed by atoms with E-state index in [1.807, 2.05) is 6.07 Å². The second kappa shape index (κ2) is 12.7. The van der Waals surface area contributed by atoms with Crippen molar-refractivity contribution in [1.82, 2.24) is 19.3 Å². The highest BCUT2D eigenvalue weighted by Gasteiger charge is 2.25. The van der Waals surface area contributed by atoms with Gasteiger partial charge in [0.1, 0.15) is 11.8 Å². The minimum atomic E-state index is -2.94. The molecule has 2 unspecified atom stereocenters. The van der Waals surface area contributed by atoms with Gasteiger partial charge in [-0.3, -0.25) is 19.2 Å². The lowest BCUT2D eigenvalue weighted by Crippen LogP contribution is -2.28. The first-order chi connectivity index (χ1) is 21.1. The summed E-state index contributed by atoms with van der Waals surface area (Å²) in [7, 11) is 0. The summed E-state index contributed by atoms with van der Waals surface area (Å²) < 4.78 is 29.9. The number of nitrogens with two attached hydrogens (primary N) is 2. The fourth-order valence-electron chi connectivity index (χ4n) is 5.23. The van der Waals surface area contributed by atoms with Crippen LogP contribution in [-0.2, 0) is 4.79 Å². The second-order valence-electron chi connectivity index (χ2n) is 10.4. The van der Waals surface area contributed by atoms with Gasteiger partial charge in [0.2, 0.25) is 5.91 Å². The van der Waals surface area contributed by atoms with Gasteiger partial charge in [0.15, 0.2) is 0 Å². The molecule has 2 aromatic carbocycles. The van der Waals surface area contributed by atoms with E-state index in [9.17, 15) is 18.4 Å². The number of nitrogens with one attached hydrogen (secondary N) is 1. The van der Waals surface area contributed by atoms with Crippen LogP contribution in [0.4, 0.5) is 20.2 Å². The molecular formula is C30H28ClF2N9O2. The van der Waals surface area contributed by atoms with Crippen LogP contribution in [0.15, 0.2) is 77.7 Å². The SMILES string of the molecule is CC1CCCC(n2cnc(-c3cc(Cl)ccc3N(N)/C=C(\N)C#N)cc2=O)c2cccc(c2)-c2c(cnn2C(F)F)NC1=O. The number of halogens is 3. The van der Waals surface area contributed by atoms with Gasteiger partial charge in [0.25, 0.3) is 5.56 Å². The van der Waals surface area contributed by atoms with Crippen LogP contribution in [0.3, 0.4) is 0 Å². The van der Waals surface area contributed by atoms with Crippen LogP contribution >= 0.6 is 11.6 Å². The van der Waals surface area contributed by atoms with Crippen molar-refractivity contribution in [2.75, 3.05) is 10.3 Å². The van der Waals surface area contributed by atoms with Crippen molar-refractivity contribution < 1.29 is 13.6 Å². The number of fused-ring (bicyclic) bond motifs is 4. The Balaban J connectivity index is 1.60. The predicted molar refractivity (Wildman–Crippen MR) is 162 cm³/mol. The van der Waals surface area contributed by atoms with Crippen molar-refractivity contribution in [2.45, 2.75) is 38.8 Å². The first-order valence-corrected chi connectivity index (χ1v) is 14.0. The number of carbonyl (C=O) groups is 1. The molecule has 2 bridgehead atoms. The number of hydrogen-bond acceptors (Lipinski definition) is 8. The van der Waals surface area contributed by atoms with Gasteiger partial charge in [-0.1, -0.05) is 43.1 Å². The summed E-state index contributed by atoms with van der Waals surface area (Å²) in [6.07, 6.45) is 5.42. The third kappa shape index (κ3) is 6.17. The number of benzene rings is 2. The summed E-state index contributed by atoms with van der Waals surface area (Å²) in [5.74, 6) is 5.40. The van der Waals surface area contributed by atoms with E-state index in [2.05, 4.69) is 15.4 Å². The smallest absolute Gasteiger partial charge is 0.333 e. The second-order valence-corrected chi connectivity index (χ2v) is 10.8. The predicted octanol–water partition coefficient (Wildman–Crippen LogP) is 5.17. The minimum Gasteiger partial charge on any atom is -0.389 e. The zero-order valence-electron chi connectivity index (χ0n) is 23.5. The molecule has 1 amide bonds. The van der Waals surface area contributed by atoms with E-state index in [1.165, 1.54) is 29.4 Å². The maximum atomic E-state index is 13.9. The van der Waals surface area contributed by atoms with Gasteiger partial charge in [0, 0.05) is 28.1 Å². The summed E-state index contributed by atoms with van der Waals surface area (Å²) in [6.45, 7) is -1.18. The zero-order valence-corrected chi connectivity index (χ0v) is 24.2. The van der Waals surface area contributed by atoms with Gasteiger partial charge in [-0.15, -0.1) is 0 Å². The topological polar surface area (TPSA) is 161 Å². The third-order valence-corrected chi connectivity index (χ3v) is 7.67. The van der Waals surface area contributed by atoms with E-state index in [0.29, 0.717) is 51.3 Å². The highest BCUT2D eigenvalue weighted by molar-refractivity contribution is 6.31. The summed E-state index contributed by atoms with van der Waals surface area (Å²) in [6, 6.07) is 14.3. The average molecular weight is 620 g/mol. The number of nitrogens with zero attached hydrogens (tertiary/aromatic N) is 6. The van der Waals surface area contributed by atoms with E-state index in [0.717, 1.165) is 5.01 Å². The van der Waals surface area contributed by atoms with Crippen molar-refractivity contribution in [3.8, 4) is 28.6 Å². The number of allylic oxidation sites excluding steroid dienone is 1. The number of anilines is 2. The lowest BCUT2D eigenvalue weighted by atomic mass is 9.94. The Morgan fingerprint density at radius 2 is 2.02 bits per heavy atom. The Labute approximate surface area is 255 Å². The summed E-state index contributed by atoms with van der Waals surface area (Å²) in [5, 5.41) is 17.1. The van der Waals surface area contributed by atoms with Gasteiger partial charge in [-0.2, -0.15) is 19.1 Å². The van der Waals surface area contributed by atoms with E-state index in [4.69, 9.17) is 28.4 Å². The van der Waals surface area contributed by atoms with Crippen LogP contribution in [0, 0.1) is 17.2 Å². The fourth-order valence-corrected chi connectivity index (χ4v) is 5.40. The molecule has 1 aliphatic heterocycles. The van der Waals surface area contributed by atoms with Gasteiger partial charge in [-0.25, -0.2) is 15.5 Å². The summed E-state index contributed by atoms with van der Waals surface area (Å²) in [4.78, 5) is 31.1. The number of amides is 1. The first-order valence-electron chi connectivity index (χ1n) is 13.6. The molecule has 2 aromatic heterocycles. The Bertz CT molecular complexity index is 1850. The fraction of sp³-hybridized carbons (Fsp3) is 0.233. The van der Waals surface area contributed by atoms with Crippen molar-refractivity contribution in [2.24, 2.45) is 17.5 Å². The highest BCUT2D eigenvalue weighted by atomic mass is 35.5. The minimum absolute atomic E-state index is 0.0634. The molecule has 2 atom stereocenters. The molecule has 3 heterocycles. The van der Waals surface area contributed by atoms with Gasteiger partial charge >= 0.3 is 6.55 Å². The molecule has 0 saturated heterocycles. The molecule has 4 aromatic rings. The zero-order chi connectivity index (χ0) is 31.5. The Morgan fingerprint density at radius 3 is 2.75 bits per heavy atom. The molecule has 5 N–H and O–H groups in total. The molecule has 5 rings (SSSR count). The van der Waals surface area contributed by atoms with Gasteiger partial charge < -0.3 is 11.1 Å². The van der Waals surface area contributed by atoms with E-state index in [-0.39, 0.29) is 34.2 Å². The van der Waals surface area contributed by atoms with Crippen LogP contribution in [0.2, 0.25) is 5.02 Å². The molecule has 14 heteroatoms. The highest BCUT2D eigenvalue weighted by Crippen LogP contribution is 2.36. The molecular weight excluding hydrogens is 592 g/mol. The maximum absolute atomic E-state index is 13.9. The molecule has 11 nitrogen and oxygen atoms in total. The van der Waals surface area contributed by atoms with Crippen LogP contribution in [0.1, 0.15) is 44.3 Å². The van der Waals surface area contributed by atoms with Crippen molar-refractivity contribution in [1.29, 1.82) is 5.26 Å². The molecule has 0 fully saturated rings. The van der Waals surface area contributed by atoms with Crippen LogP contribution in [-0.4, -0.2) is 25.2 Å². The third-order valence-electron chi connectivity index (χ3n) is 7.44. The Hall–Kier alpha value is -5.06. The van der Waals surface area contributed by atoms with Crippen LogP contribution < -0.4 is 27.5 Å². The lowest BCUT2D eigenvalue weighted by Gasteiger charge is -2.23. The summed E-state index contributed by atoms with van der Waals surface area (Å²) in [5.41, 5.74) is 7.56. The first kappa shape index (κ1) is 30.4. The standard InChI is InChI=1S/C30H28ClF2N9O2/c1-17-4-2-7-25(18-5-3-6-19(10-18)28-24(39-29(17)44)14-38-42(28)30(32)33)40-16-37-23(12-27(40)43)22-11-20(31)8-9-26(22)41(36)15-21(35)13-34/h3,5-6,8-12,14-17,25,30H,2,4,7,35-36H2,1H3,(H,39,44)/b21-15-. The number of alkyl halides is 2. The van der Waals surface area contributed by atoms with E-state index >= 15 is 0 Å². The molecule has 0 aliphatic carbocycles. The molecule has 0 saturated carbocycles. The van der Waals surface area contributed by atoms with Crippen molar-refractivity contribution >= 4 is 28.9 Å². The molecule has 0 radical (unpaired) electrons. The Kier molecular flexibility index (Phi) is 8.75. The molecule has 226 valence electrons. The van der Waals surface area contributed by atoms with E-state index < -0.39 is 18.5 Å². The molecule has 0 spiro atoms. The number of hydrazine groups is 1. The van der Waals surface area contributed by atoms with Crippen molar-refractivity contribution in [3.05, 3.63) is 93.9 Å². The van der Waals surface area contributed by atoms with Crippen molar-refractivity contribution in [3.63, 3.8) is 0 Å². The van der Waals surface area contributed by atoms with Gasteiger partial charge in [-0.05, 0) is 42.7 Å². The molecule has 1 aliphatic rings. The lowest BCUT2D eigenvalue weighted by molar-refractivity contribution is -0.119. The number of aromatic nitrogens is 4.